The molecule has 1 aliphatic heterocycles. The molecule has 0 radical (unpaired) electrons. The summed E-state index contributed by atoms with van der Waals surface area (Å²) < 4.78 is 4.73. The summed E-state index contributed by atoms with van der Waals surface area (Å²) >= 11 is 0. The Hall–Kier alpha value is -0.650. The van der Waals surface area contributed by atoms with E-state index in [9.17, 15) is 9.90 Å². The Labute approximate surface area is 75.9 Å². The van der Waals surface area contributed by atoms with Crippen LogP contribution < -0.4 is 0 Å². The monoisotopic (exact) mass is 190 g/mol. The summed E-state index contributed by atoms with van der Waals surface area (Å²) in [6.45, 7) is 1.64. The first-order valence-electron chi connectivity index (χ1n) is 4.29. The molecule has 0 aliphatic carbocycles. The normalized spacial score (nSPS) is 36.0. The Bertz CT molecular complexity index is 189. The van der Waals surface area contributed by atoms with Crippen molar-refractivity contribution >= 4 is 5.97 Å². The third-order valence-electron chi connectivity index (χ3n) is 2.38. The second-order valence-electron chi connectivity index (χ2n) is 3.19. The van der Waals surface area contributed by atoms with Gasteiger partial charge in [0.25, 0.3) is 0 Å². The molecule has 76 valence electrons. The molecule has 1 rings (SSSR count). The fourth-order valence-corrected chi connectivity index (χ4v) is 1.43. The minimum Gasteiger partial charge on any atom is -0.457 e. The van der Waals surface area contributed by atoms with Gasteiger partial charge in [0.2, 0.25) is 0 Å². The second-order valence-corrected chi connectivity index (χ2v) is 3.19. The predicted molar refractivity (Wildman–Crippen MR) is 42.8 cm³/mol. The van der Waals surface area contributed by atoms with E-state index in [1.54, 1.807) is 0 Å². The third-order valence-corrected chi connectivity index (χ3v) is 2.38. The van der Waals surface area contributed by atoms with Crippen LogP contribution in [0.25, 0.3) is 0 Å². The fraction of sp³-hybridized carbons (Fsp3) is 0.875. The SMILES string of the molecule is CCC(CO)C1OC(=O)C(O)C1O. The van der Waals surface area contributed by atoms with Crippen molar-refractivity contribution in [3.63, 3.8) is 0 Å². The molecule has 0 amide bonds. The smallest absolute Gasteiger partial charge is 0.338 e. The second kappa shape index (κ2) is 4.04. The van der Waals surface area contributed by atoms with Crippen LogP contribution in [0.3, 0.4) is 0 Å². The van der Waals surface area contributed by atoms with Gasteiger partial charge in [0, 0.05) is 12.5 Å². The number of carbonyl (C=O) groups is 1. The lowest BCUT2D eigenvalue weighted by atomic mass is 9.95. The maximum atomic E-state index is 10.8. The highest BCUT2D eigenvalue weighted by Crippen LogP contribution is 2.24. The third kappa shape index (κ3) is 1.82. The average molecular weight is 190 g/mol. The molecule has 1 aliphatic rings. The molecule has 0 aromatic heterocycles. The van der Waals surface area contributed by atoms with Crippen molar-refractivity contribution in [3.8, 4) is 0 Å². The lowest BCUT2D eigenvalue weighted by Crippen LogP contribution is -2.36. The van der Waals surface area contributed by atoms with Crippen molar-refractivity contribution in [2.24, 2.45) is 5.92 Å². The Morgan fingerprint density at radius 2 is 2.15 bits per heavy atom. The highest BCUT2D eigenvalue weighted by Gasteiger charge is 2.45. The summed E-state index contributed by atoms with van der Waals surface area (Å²) in [5, 5.41) is 27.3. The number of rotatable bonds is 3. The highest BCUT2D eigenvalue weighted by atomic mass is 16.6. The van der Waals surface area contributed by atoms with E-state index in [0.717, 1.165) is 0 Å². The van der Waals surface area contributed by atoms with E-state index >= 15 is 0 Å². The lowest BCUT2D eigenvalue weighted by Gasteiger charge is -2.21. The van der Waals surface area contributed by atoms with Crippen LogP contribution in [0.2, 0.25) is 0 Å². The Morgan fingerprint density at radius 1 is 1.54 bits per heavy atom. The van der Waals surface area contributed by atoms with Crippen LogP contribution in [0.15, 0.2) is 0 Å². The van der Waals surface area contributed by atoms with Gasteiger partial charge in [-0.05, 0) is 6.42 Å². The lowest BCUT2D eigenvalue weighted by molar-refractivity contribution is -0.149. The van der Waals surface area contributed by atoms with Crippen molar-refractivity contribution in [1.82, 2.24) is 0 Å². The first-order chi connectivity index (χ1) is 6.11. The zero-order valence-electron chi connectivity index (χ0n) is 7.38. The first kappa shape index (κ1) is 10.4. The summed E-state index contributed by atoms with van der Waals surface area (Å²) in [7, 11) is 0. The minimum atomic E-state index is -1.47. The maximum absolute atomic E-state index is 10.8. The van der Waals surface area contributed by atoms with E-state index < -0.39 is 24.3 Å². The van der Waals surface area contributed by atoms with Crippen molar-refractivity contribution in [3.05, 3.63) is 0 Å². The predicted octanol–water partition coefficient (Wildman–Crippen LogP) is -1.35. The summed E-state index contributed by atoms with van der Waals surface area (Å²) in [4.78, 5) is 10.8. The van der Waals surface area contributed by atoms with E-state index in [1.165, 1.54) is 0 Å². The Morgan fingerprint density at radius 3 is 2.46 bits per heavy atom. The Kier molecular flexibility index (Phi) is 3.24. The molecule has 5 nitrogen and oxygen atoms in total. The topological polar surface area (TPSA) is 87.0 Å². The molecule has 0 aromatic carbocycles. The van der Waals surface area contributed by atoms with Gasteiger partial charge >= 0.3 is 5.97 Å². The van der Waals surface area contributed by atoms with E-state index in [1.807, 2.05) is 6.92 Å². The van der Waals surface area contributed by atoms with Crippen LogP contribution in [-0.2, 0) is 9.53 Å². The number of ether oxygens (including phenoxy) is 1. The number of esters is 1. The van der Waals surface area contributed by atoms with E-state index in [-0.39, 0.29) is 12.5 Å². The molecule has 0 bridgehead atoms. The van der Waals surface area contributed by atoms with Crippen molar-refractivity contribution < 1.29 is 24.9 Å². The molecule has 0 saturated carbocycles. The van der Waals surface area contributed by atoms with Gasteiger partial charge in [0.1, 0.15) is 12.2 Å². The quantitative estimate of drug-likeness (QED) is 0.479. The van der Waals surface area contributed by atoms with Crippen LogP contribution in [0.5, 0.6) is 0 Å². The summed E-state index contributed by atoms with van der Waals surface area (Å²) in [5.41, 5.74) is 0. The van der Waals surface area contributed by atoms with Gasteiger partial charge in [0.05, 0.1) is 0 Å². The molecule has 13 heavy (non-hydrogen) atoms. The number of hydrogen-bond donors (Lipinski definition) is 3. The maximum Gasteiger partial charge on any atom is 0.338 e. The molecule has 1 saturated heterocycles. The Balaban J connectivity index is 2.66. The molecular formula is C8H14O5. The van der Waals surface area contributed by atoms with Gasteiger partial charge in [0.15, 0.2) is 6.10 Å². The van der Waals surface area contributed by atoms with Gasteiger partial charge < -0.3 is 20.1 Å². The van der Waals surface area contributed by atoms with Crippen LogP contribution in [0, 0.1) is 5.92 Å². The zero-order valence-corrected chi connectivity index (χ0v) is 7.38. The van der Waals surface area contributed by atoms with Crippen LogP contribution in [0.1, 0.15) is 13.3 Å². The molecule has 4 atom stereocenters. The van der Waals surface area contributed by atoms with Crippen molar-refractivity contribution in [1.29, 1.82) is 0 Å². The number of aliphatic hydroxyl groups is 3. The van der Waals surface area contributed by atoms with Crippen molar-refractivity contribution in [2.45, 2.75) is 31.7 Å². The van der Waals surface area contributed by atoms with Crippen molar-refractivity contribution in [2.75, 3.05) is 6.61 Å². The van der Waals surface area contributed by atoms with Crippen LogP contribution in [0.4, 0.5) is 0 Å². The van der Waals surface area contributed by atoms with Gasteiger partial charge in [-0.2, -0.15) is 0 Å². The van der Waals surface area contributed by atoms with E-state index in [0.29, 0.717) is 6.42 Å². The number of aliphatic hydroxyl groups excluding tert-OH is 3. The van der Waals surface area contributed by atoms with Crippen LogP contribution >= 0.6 is 0 Å². The molecule has 1 fully saturated rings. The molecule has 5 heteroatoms. The number of hydrogen-bond acceptors (Lipinski definition) is 5. The first-order valence-corrected chi connectivity index (χ1v) is 4.29. The van der Waals surface area contributed by atoms with Gasteiger partial charge in [-0.15, -0.1) is 0 Å². The molecule has 0 aromatic rings. The van der Waals surface area contributed by atoms with Gasteiger partial charge in [-0.1, -0.05) is 6.92 Å². The van der Waals surface area contributed by atoms with Gasteiger partial charge in [-0.3, -0.25) is 0 Å². The standard InChI is InChI=1S/C8H14O5/c1-2-4(3-9)7-5(10)6(11)8(12)13-7/h4-7,9-11H,2-3H2,1H3. The molecule has 3 N–H and O–H groups in total. The van der Waals surface area contributed by atoms with Gasteiger partial charge in [-0.25, -0.2) is 4.79 Å². The fourth-order valence-electron chi connectivity index (χ4n) is 1.43. The highest BCUT2D eigenvalue weighted by molar-refractivity contribution is 5.77. The van der Waals surface area contributed by atoms with E-state index in [4.69, 9.17) is 14.9 Å². The number of cyclic esters (lactones) is 1. The molecule has 4 unspecified atom stereocenters. The van der Waals surface area contributed by atoms with E-state index in [2.05, 4.69) is 0 Å². The summed E-state index contributed by atoms with van der Waals surface area (Å²) in [6, 6.07) is 0. The number of carbonyl (C=O) groups excluding carboxylic acids is 1. The summed E-state index contributed by atoms with van der Waals surface area (Å²) in [5.74, 6) is -1.12. The van der Waals surface area contributed by atoms with Crippen LogP contribution in [-0.4, -0.2) is 46.2 Å². The molecular weight excluding hydrogens is 176 g/mol. The largest absolute Gasteiger partial charge is 0.457 e. The molecule has 0 spiro atoms. The average Bonchev–Trinajstić information content (AvgIpc) is 2.36. The molecule has 1 heterocycles. The zero-order chi connectivity index (χ0) is 10.0. The minimum absolute atomic E-state index is 0.168. The summed E-state index contributed by atoms with van der Waals surface area (Å²) in [6.07, 6.45) is -2.88.